The van der Waals surface area contributed by atoms with Crippen LogP contribution in [-0.2, 0) is 52.4 Å². The molecule has 186 valence electrons. The summed E-state index contributed by atoms with van der Waals surface area (Å²) in [6, 6.07) is -1.43. The molecule has 1 aliphatic heterocycles. The van der Waals surface area contributed by atoms with Crippen molar-refractivity contribution in [2.24, 2.45) is 0 Å². The molecule has 0 amide bonds. The summed E-state index contributed by atoms with van der Waals surface area (Å²) in [5.41, 5.74) is -0.616. The largest absolute Gasteiger partial charge is 0.462 e. The van der Waals surface area contributed by atoms with Crippen LogP contribution in [0.5, 0.6) is 0 Å². The lowest BCUT2D eigenvalue weighted by Gasteiger charge is -2.43. The molecule has 1 fully saturated rings. The summed E-state index contributed by atoms with van der Waals surface area (Å²) < 4.78 is 71.1. The standard InChI is InChI=1S/C16H27NO13S2/c1-5-26-14(19)9(15(20)27-6-2)7-17-11-10(8-18)28-16(21)13(30-32(4,24)25)12(11)29-31(3,22)23/h7,10-13,16-18,21H,5-6,8H2,1-4H3/t10-,11+,12+,13-,16?/m1/s1. The van der Waals surface area contributed by atoms with Crippen molar-refractivity contribution in [2.75, 3.05) is 32.3 Å². The zero-order valence-electron chi connectivity index (χ0n) is 17.8. The number of ether oxygens (including phenoxy) is 3. The van der Waals surface area contributed by atoms with Gasteiger partial charge in [-0.15, -0.1) is 0 Å². The van der Waals surface area contributed by atoms with E-state index in [-0.39, 0.29) is 13.2 Å². The van der Waals surface area contributed by atoms with Gasteiger partial charge in [-0.2, -0.15) is 16.8 Å². The van der Waals surface area contributed by atoms with Crippen molar-refractivity contribution < 1.29 is 59.2 Å². The van der Waals surface area contributed by atoms with Gasteiger partial charge in [-0.25, -0.2) is 9.59 Å². The summed E-state index contributed by atoms with van der Waals surface area (Å²) in [5.74, 6) is -2.14. The number of aliphatic hydroxyl groups is 2. The Kier molecular flexibility index (Phi) is 10.5. The maximum atomic E-state index is 12.1. The van der Waals surface area contributed by atoms with Gasteiger partial charge < -0.3 is 29.7 Å². The van der Waals surface area contributed by atoms with E-state index in [9.17, 15) is 36.6 Å². The van der Waals surface area contributed by atoms with E-state index >= 15 is 0 Å². The first-order chi connectivity index (χ1) is 14.7. The molecule has 0 saturated carbocycles. The topological polar surface area (TPSA) is 201 Å². The van der Waals surface area contributed by atoms with Crippen LogP contribution in [-0.4, -0.2) is 102 Å². The normalized spacial score (nSPS) is 26.1. The molecular formula is C16H27NO13S2. The third-order valence-corrected chi connectivity index (χ3v) is 4.98. The molecule has 0 aliphatic carbocycles. The van der Waals surface area contributed by atoms with Crippen molar-refractivity contribution in [1.82, 2.24) is 5.32 Å². The van der Waals surface area contributed by atoms with Crippen molar-refractivity contribution >= 4 is 32.2 Å². The fourth-order valence-electron chi connectivity index (χ4n) is 2.70. The summed E-state index contributed by atoms with van der Waals surface area (Å²) in [6.07, 6.45) is -4.92. The maximum Gasteiger partial charge on any atom is 0.347 e. The van der Waals surface area contributed by atoms with Crippen LogP contribution < -0.4 is 5.32 Å². The molecule has 0 aromatic rings. The Bertz CT molecular complexity index is 879. The van der Waals surface area contributed by atoms with Gasteiger partial charge in [0.25, 0.3) is 20.2 Å². The molecule has 3 N–H and O–H groups in total. The Morgan fingerprint density at radius 1 is 0.969 bits per heavy atom. The van der Waals surface area contributed by atoms with E-state index in [1.165, 1.54) is 13.8 Å². The molecule has 1 unspecified atom stereocenters. The second kappa shape index (κ2) is 11.9. The second-order valence-corrected chi connectivity index (χ2v) is 9.67. The first kappa shape index (κ1) is 28.2. The molecule has 0 aromatic heterocycles. The lowest BCUT2D eigenvalue weighted by molar-refractivity contribution is -0.249. The van der Waals surface area contributed by atoms with E-state index in [2.05, 4.69) is 5.32 Å². The molecule has 1 heterocycles. The Morgan fingerprint density at radius 3 is 1.84 bits per heavy atom. The van der Waals surface area contributed by atoms with Gasteiger partial charge in [0.2, 0.25) is 0 Å². The highest BCUT2D eigenvalue weighted by Crippen LogP contribution is 2.27. The number of rotatable bonds is 11. The number of hydrogen-bond acceptors (Lipinski definition) is 14. The average molecular weight is 506 g/mol. The Balaban J connectivity index is 3.43. The molecule has 32 heavy (non-hydrogen) atoms. The smallest absolute Gasteiger partial charge is 0.347 e. The van der Waals surface area contributed by atoms with E-state index in [0.717, 1.165) is 6.20 Å². The molecule has 1 aliphatic rings. The predicted octanol–water partition coefficient (Wildman–Crippen LogP) is -2.65. The fraction of sp³-hybridized carbons (Fsp3) is 0.750. The van der Waals surface area contributed by atoms with Crippen LogP contribution >= 0.6 is 0 Å². The number of esters is 2. The van der Waals surface area contributed by atoms with Crippen LogP contribution in [0, 0.1) is 0 Å². The highest BCUT2D eigenvalue weighted by Gasteiger charge is 2.49. The number of aliphatic hydroxyl groups excluding tert-OH is 2. The van der Waals surface area contributed by atoms with Crippen molar-refractivity contribution in [3.63, 3.8) is 0 Å². The van der Waals surface area contributed by atoms with Crippen LogP contribution in [0.1, 0.15) is 13.8 Å². The average Bonchev–Trinajstić information content (AvgIpc) is 2.64. The minimum Gasteiger partial charge on any atom is -0.462 e. The van der Waals surface area contributed by atoms with Crippen LogP contribution in [0.3, 0.4) is 0 Å². The van der Waals surface area contributed by atoms with Crippen LogP contribution in [0.25, 0.3) is 0 Å². The van der Waals surface area contributed by atoms with Crippen molar-refractivity contribution in [3.8, 4) is 0 Å². The molecule has 0 radical (unpaired) electrons. The van der Waals surface area contributed by atoms with E-state index in [1.807, 2.05) is 0 Å². The van der Waals surface area contributed by atoms with Crippen molar-refractivity contribution in [2.45, 2.75) is 44.5 Å². The van der Waals surface area contributed by atoms with E-state index < -0.39 is 75.0 Å². The molecule has 1 rings (SSSR count). The van der Waals surface area contributed by atoms with Gasteiger partial charge in [0.15, 0.2) is 18.0 Å². The Hall–Kier alpha value is -1.82. The third-order valence-electron chi connectivity index (χ3n) is 3.84. The number of hydrogen-bond donors (Lipinski definition) is 3. The van der Waals surface area contributed by atoms with Crippen LogP contribution in [0.15, 0.2) is 11.8 Å². The first-order valence-electron chi connectivity index (χ1n) is 9.25. The zero-order chi connectivity index (χ0) is 24.7. The minimum absolute atomic E-state index is 0.0718. The lowest BCUT2D eigenvalue weighted by Crippen LogP contribution is -2.64. The second-order valence-electron chi connectivity index (χ2n) is 6.47. The maximum absolute atomic E-state index is 12.1. The van der Waals surface area contributed by atoms with E-state index in [4.69, 9.17) is 22.6 Å². The Labute approximate surface area is 185 Å². The van der Waals surface area contributed by atoms with E-state index in [1.54, 1.807) is 0 Å². The highest BCUT2D eigenvalue weighted by atomic mass is 32.2. The number of carbonyl (C=O) groups is 2. The van der Waals surface area contributed by atoms with Crippen molar-refractivity contribution in [3.05, 3.63) is 11.8 Å². The van der Waals surface area contributed by atoms with Gasteiger partial charge in [0.1, 0.15) is 12.2 Å². The van der Waals surface area contributed by atoms with Gasteiger partial charge in [-0.3, -0.25) is 8.37 Å². The fourth-order valence-corrected chi connectivity index (χ4v) is 3.94. The highest BCUT2D eigenvalue weighted by molar-refractivity contribution is 7.86. The minimum atomic E-state index is -4.26. The van der Waals surface area contributed by atoms with Crippen molar-refractivity contribution in [1.29, 1.82) is 0 Å². The molecule has 0 spiro atoms. The molecule has 0 aromatic carbocycles. The molecule has 16 heteroatoms. The summed E-state index contributed by atoms with van der Waals surface area (Å²) in [7, 11) is -8.49. The zero-order valence-corrected chi connectivity index (χ0v) is 19.4. The lowest BCUT2D eigenvalue weighted by atomic mass is 9.96. The number of nitrogens with one attached hydrogen (secondary N) is 1. The molecule has 5 atom stereocenters. The van der Waals surface area contributed by atoms with Gasteiger partial charge in [0.05, 0.1) is 38.4 Å². The van der Waals surface area contributed by atoms with Gasteiger partial charge in [-0.05, 0) is 13.8 Å². The summed E-state index contributed by atoms with van der Waals surface area (Å²) in [6.45, 7) is 2.05. The third kappa shape index (κ3) is 8.61. The first-order valence-corrected chi connectivity index (χ1v) is 12.9. The van der Waals surface area contributed by atoms with E-state index in [0.29, 0.717) is 12.5 Å². The van der Waals surface area contributed by atoms with Gasteiger partial charge in [-0.1, -0.05) is 0 Å². The summed E-state index contributed by atoms with van der Waals surface area (Å²) >= 11 is 0. The summed E-state index contributed by atoms with van der Waals surface area (Å²) in [4.78, 5) is 24.2. The molecule has 1 saturated heterocycles. The van der Waals surface area contributed by atoms with Crippen LogP contribution in [0.4, 0.5) is 0 Å². The van der Waals surface area contributed by atoms with Gasteiger partial charge in [0, 0.05) is 6.20 Å². The molecular weight excluding hydrogens is 478 g/mol. The Morgan fingerprint density at radius 2 is 1.44 bits per heavy atom. The predicted molar refractivity (Wildman–Crippen MR) is 106 cm³/mol. The monoisotopic (exact) mass is 505 g/mol. The van der Waals surface area contributed by atoms with Gasteiger partial charge >= 0.3 is 11.9 Å². The summed E-state index contributed by atoms with van der Waals surface area (Å²) in [5, 5.41) is 22.2. The number of carbonyl (C=O) groups excluding carboxylic acids is 2. The molecule has 14 nitrogen and oxygen atoms in total. The van der Waals surface area contributed by atoms with Crippen LogP contribution in [0.2, 0.25) is 0 Å². The molecule has 0 bridgehead atoms. The quantitative estimate of drug-likeness (QED) is 0.0864. The SMILES string of the molecule is CCOC(=O)C(=CN[C@@H]1[C@H](OS(C)(=O)=O)[C@@H](OS(C)(=O)=O)C(O)O[C@@H]1CO)C(=O)OCC.